The molecule has 178 valence electrons. The third-order valence-electron chi connectivity index (χ3n) is 6.11. The summed E-state index contributed by atoms with van der Waals surface area (Å²) in [5.41, 5.74) is 3.29. The molecule has 0 bridgehead atoms. The highest BCUT2D eigenvalue weighted by molar-refractivity contribution is 5.20. The first-order valence-corrected chi connectivity index (χ1v) is 11.9. The SMILES string of the molecule is CC(/C=C/[C@@H]1O[C@H](c2ccccc2)OC[C@H]1C)=C\[C@@H](C)[C@@H](O)[C@H](C)COCc1ccccc1. The lowest BCUT2D eigenvalue weighted by Gasteiger charge is -2.33. The van der Waals surface area contributed by atoms with Crippen LogP contribution in [-0.2, 0) is 20.8 Å². The monoisotopic (exact) mass is 450 g/mol. The van der Waals surface area contributed by atoms with Crippen molar-refractivity contribution in [2.45, 2.75) is 52.8 Å². The van der Waals surface area contributed by atoms with E-state index in [1.54, 1.807) is 0 Å². The van der Waals surface area contributed by atoms with Crippen molar-refractivity contribution in [2.24, 2.45) is 17.8 Å². The first kappa shape index (κ1) is 25.4. The van der Waals surface area contributed by atoms with Gasteiger partial charge in [-0.05, 0) is 12.5 Å². The molecule has 1 heterocycles. The number of hydrogen-bond donors (Lipinski definition) is 1. The summed E-state index contributed by atoms with van der Waals surface area (Å²) in [5.74, 6) is 0.344. The molecule has 1 aliphatic heterocycles. The summed E-state index contributed by atoms with van der Waals surface area (Å²) < 4.78 is 17.9. The zero-order valence-corrected chi connectivity index (χ0v) is 20.3. The fourth-order valence-electron chi connectivity index (χ4n) is 4.04. The lowest BCUT2D eigenvalue weighted by Crippen LogP contribution is -2.33. The van der Waals surface area contributed by atoms with Crippen molar-refractivity contribution in [3.05, 3.63) is 95.6 Å². The van der Waals surface area contributed by atoms with Crippen molar-refractivity contribution in [3.8, 4) is 0 Å². The molecule has 1 fully saturated rings. The van der Waals surface area contributed by atoms with Gasteiger partial charge in [-0.3, -0.25) is 0 Å². The van der Waals surface area contributed by atoms with Gasteiger partial charge in [-0.25, -0.2) is 0 Å². The Hall–Kier alpha value is -2.24. The number of hydrogen-bond acceptors (Lipinski definition) is 4. The maximum Gasteiger partial charge on any atom is 0.184 e. The maximum atomic E-state index is 10.8. The second-order valence-corrected chi connectivity index (χ2v) is 9.25. The van der Waals surface area contributed by atoms with Crippen molar-refractivity contribution < 1.29 is 19.3 Å². The molecule has 0 unspecified atom stereocenters. The Morgan fingerprint density at radius 1 is 1.09 bits per heavy atom. The minimum atomic E-state index is -0.468. The van der Waals surface area contributed by atoms with Gasteiger partial charge in [0.15, 0.2) is 6.29 Å². The van der Waals surface area contributed by atoms with E-state index in [-0.39, 0.29) is 30.1 Å². The largest absolute Gasteiger partial charge is 0.392 e. The Morgan fingerprint density at radius 3 is 2.45 bits per heavy atom. The fraction of sp³-hybridized carbons (Fsp3) is 0.448. The molecular formula is C29H38O4. The summed E-state index contributed by atoms with van der Waals surface area (Å²) in [7, 11) is 0. The first-order chi connectivity index (χ1) is 15.9. The zero-order valence-electron chi connectivity index (χ0n) is 20.3. The molecule has 1 saturated heterocycles. The second kappa shape index (κ2) is 12.9. The van der Waals surface area contributed by atoms with E-state index in [9.17, 15) is 5.11 Å². The Labute approximate surface area is 198 Å². The van der Waals surface area contributed by atoms with E-state index in [0.29, 0.717) is 19.8 Å². The third-order valence-corrected chi connectivity index (χ3v) is 6.11. The van der Waals surface area contributed by atoms with Crippen molar-refractivity contribution in [1.29, 1.82) is 0 Å². The molecule has 6 atom stereocenters. The molecule has 1 N–H and O–H groups in total. The summed E-state index contributed by atoms with van der Waals surface area (Å²) in [5, 5.41) is 10.8. The van der Waals surface area contributed by atoms with Crippen molar-refractivity contribution >= 4 is 0 Å². The Bertz CT molecular complexity index is 877. The molecule has 0 amide bonds. The Morgan fingerprint density at radius 2 is 1.76 bits per heavy atom. The Kier molecular flexibility index (Phi) is 9.89. The highest BCUT2D eigenvalue weighted by Crippen LogP contribution is 2.30. The van der Waals surface area contributed by atoms with Gasteiger partial charge in [0.05, 0.1) is 32.0 Å². The summed E-state index contributed by atoms with van der Waals surface area (Å²) in [6, 6.07) is 20.2. The normalized spacial score (nSPS) is 24.5. The van der Waals surface area contributed by atoms with E-state index in [1.807, 2.05) is 67.6 Å². The molecular weight excluding hydrogens is 412 g/mol. The van der Waals surface area contributed by atoms with Gasteiger partial charge >= 0.3 is 0 Å². The molecule has 2 aromatic carbocycles. The standard InChI is InChI=1S/C29H38O4/c1-21(15-16-27-23(3)19-32-29(33-27)26-13-9-6-10-14-26)17-22(2)28(30)24(4)18-31-20-25-11-7-5-8-12-25/h5-17,22-24,27-30H,18-20H2,1-4H3/b16-15+,21-17+/t22-,23-,24-,27+,28-,29-/m1/s1. The number of benzene rings is 2. The fourth-order valence-corrected chi connectivity index (χ4v) is 4.04. The van der Waals surface area contributed by atoms with Gasteiger partial charge in [-0.1, -0.05) is 105 Å². The molecule has 1 aliphatic rings. The quantitative estimate of drug-likeness (QED) is 0.445. The van der Waals surface area contributed by atoms with Crippen LogP contribution in [-0.4, -0.2) is 30.5 Å². The minimum absolute atomic E-state index is 0.0159. The van der Waals surface area contributed by atoms with Gasteiger partial charge in [-0.15, -0.1) is 0 Å². The highest BCUT2D eigenvalue weighted by Gasteiger charge is 2.28. The summed E-state index contributed by atoms with van der Waals surface area (Å²) in [6.07, 6.45) is 5.50. The van der Waals surface area contributed by atoms with Crippen LogP contribution in [0.25, 0.3) is 0 Å². The van der Waals surface area contributed by atoms with Crippen LogP contribution in [0.1, 0.15) is 45.1 Å². The Balaban J connectivity index is 1.49. The van der Waals surface area contributed by atoms with E-state index in [1.165, 1.54) is 0 Å². The van der Waals surface area contributed by atoms with E-state index in [2.05, 4.69) is 39.0 Å². The number of rotatable bonds is 10. The van der Waals surface area contributed by atoms with Gasteiger partial charge in [0, 0.05) is 23.3 Å². The van der Waals surface area contributed by atoms with Gasteiger partial charge in [0.2, 0.25) is 0 Å². The molecule has 0 aromatic heterocycles. The molecule has 33 heavy (non-hydrogen) atoms. The van der Waals surface area contributed by atoms with Gasteiger partial charge in [0.1, 0.15) is 0 Å². The van der Waals surface area contributed by atoms with E-state index < -0.39 is 6.10 Å². The molecule has 0 radical (unpaired) electrons. The number of aliphatic hydroxyl groups is 1. The lowest BCUT2D eigenvalue weighted by atomic mass is 9.92. The predicted octanol–water partition coefficient (Wildman–Crippen LogP) is 6.09. The lowest BCUT2D eigenvalue weighted by molar-refractivity contribution is -0.225. The zero-order chi connectivity index (χ0) is 23.6. The number of aliphatic hydroxyl groups excluding tert-OH is 1. The van der Waals surface area contributed by atoms with E-state index in [0.717, 1.165) is 16.7 Å². The molecule has 3 rings (SSSR count). The van der Waals surface area contributed by atoms with Gasteiger partial charge in [0.25, 0.3) is 0 Å². The van der Waals surface area contributed by atoms with E-state index >= 15 is 0 Å². The van der Waals surface area contributed by atoms with Crippen LogP contribution in [0.15, 0.2) is 84.5 Å². The average Bonchev–Trinajstić information content (AvgIpc) is 2.84. The van der Waals surface area contributed by atoms with Crippen LogP contribution in [0, 0.1) is 17.8 Å². The molecule has 0 saturated carbocycles. The summed E-state index contributed by atoms with van der Waals surface area (Å²) in [4.78, 5) is 0. The predicted molar refractivity (Wildman–Crippen MR) is 133 cm³/mol. The number of ether oxygens (including phenoxy) is 3. The van der Waals surface area contributed by atoms with Crippen molar-refractivity contribution in [1.82, 2.24) is 0 Å². The maximum absolute atomic E-state index is 10.8. The first-order valence-electron chi connectivity index (χ1n) is 11.9. The van der Waals surface area contributed by atoms with Gasteiger partial charge in [-0.2, -0.15) is 0 Å². The third kappa shape index (κ3) is 7.94. The average molecular weight is 451 g/mol. The van der Waals surface area contributed by atoms with Crippen molar-refractivity contribution in [2.75, 3.05) is 13.2 Å². The van der Waals surface area contributed by atoms with Crippen LogP contribution in [0.5, 0.6) is 0 Å². The summed E-state index contributed by atoms with van der Waals surface area (Å²) >= 11 is 0. The van der Waals surface area contributed by atoms with Crippen LogP contribution in [0.4, 0.5) is 0 Å². The molecule has 4 heteroatoms. The van der Waals surface area contributed by atoms with Crippen LogP contribution in [0.2, 0.25) is 0 Å². The highest BCUT2D eigenvalue weighted by atomic mass is 16.7. The van der Waals surface area contributed by atoms with E-state index in [4.69, 9.17) is 14.2 Å². The minimum Gasteiger partial charge on any atom is -0.392 e. The number of allylic oxidation sites excluding steroid dienone is 2. The second-order valence-electron chi connectivity index (χ2n) is 9.25. The molecule has 2 aromatic rings. The molecule has 0 spiro atoms. The molecule has 4 nitrogen and oxygen atoms in total. The van der Waals surface area contributed by atoms with Crippen molar-refractivity contribution in [3.63, 3.8) is 0 Å². The van der Waals surface area contributed by atoms with Gasteiger partial charge < -0.3 is 19.3 Å². The summed E-state index contributed by atoms with van der Waals surface area (Å²) in [6.45, 7) is 10.0. The van der Waals surface area contributed by atoms with Crippen LogP contribution >= 0.6 is 0 Å². The molecule has 0 aliphatic carbocycles. The topological polar surface area (TPSA) is 47.9 Å². The van der Waals surface area contributed by atoms with Crippen LogP contribution in [0.3, 0.4) is 0 Å². The smallest absolute Gasteiger partial charge is 0.184 e. The van der Waals surface area contributed by atoms with Crippen LogP contribution < -0.4 is 0 Å².